The van der Waals surface area contributed by atoms with Gasteiger partial charge in [0.2, 0.25) is 0 Å². The number of rotatable bonds is 7. The Kier molecular flexibility index (Phi) is 7.74. The van der Waals surface area contributed by atoms with Crippen molar-refractivity contribution in [2.75, 3.05) is 13.2 Å². The Bertz CT molecular complexity index is 1060. The van der Waals surface area contributed by atoms with Gasteiger partial charge in [-0.25, -0.2) is 9.79 Å². The van der Waals surface area contributed by atoms with Crippen LogP contribution in [0, 0.1) is 11.3 Å². The highest BCUT2D eigenvalue weighted by atomic mass is 32.2. The van der Waals surface area contributed by atoms with Crippen molar-refractivity contribution in [3.8, 4) is 11.8 Å². The standard InChI is InChI=1S/C24H25N3O3S/c1-4-29-20-13-9-8-12-19(20)22-21(23(28)30-5-2)16(3)26-24(27-22)31-15-18-11-7-6-10-17(18)14-25/h6-13,22H,4-5,15H2,1-3H3,(H,26,27). The van der Waals surface area contributed by atoms with Gasteiger partial charge in [-0.05, 0) is 38.5 Å². The first-order chi connectivity index (χ1) is 15.1. The normalized spacial score (nSPS) is 15.5. The van der Waals surface area contributed by atoms with Crippen LogP contribution in [0.1, 0.15) is 43.5 Å². The highest BCUT2D eigenvalue weighted by Crippen LogP contribution is 2.38. The molecule has 1 heterocycles. The molecule has 31 heavy (non-hydrogen) atoms. The molecule has 0 aliphatic carbocycles. The van der Waals surface area contributed by atoms with E-state index in [0.29, 0.717) is 40.1 Å². The van der Waals surface area contributed by atoms with Gasteiger partial charge in [0.15, 0.2) is 5.17 Å². The molecular weight excluding hydrogens is 410 g/mol. The van der Waals surface area contributed by atoms with E-state index in [1.165, 1.54) is 11.8 Å². The van der Waals surface area contributed by atoms with Crippen LogP contribution in [0.15, 0.2) is 64.8 Å². The first kappa shape index (κ1) is 22.4. The lowest BCUT2D eigenvalue weighted by atomic mass is 9.96. The number of nitrogens with zero attached hydrogens (tertiary/aromatic N) is 2. The SMILES string of the molecule is CCOC(=O)C1=C(C)NC(SCc2ccccc2C#N)=NC1c1ccccc1OCC. The van der Waals surface area contributed by atoms with E-state index in [4.69, 9.17) is 14.5 Å². The fourth-order valence-electron chi connectivity index (χ4n) is 3.31. The molecule has 0 bridgehead atoms. The number of amidine groups is 1. The average molecular weight is 436 g/mol. The number of esters is 1. The summed E-state index contributed by atoms with van der Waals surface area (Å²) in [6.07, 6.45) is 0. The Morgan fingerprint density at radius 2 is 1.90 bits per heavy atom. The number of nitrogens with one attached hydrogen (secondary N) is 1. The van der Waals surface area contributed by atoms with Crippen molar-refractivity contribution in [2.24, 2.45) is 4.99 Å². The van der Waals surface area contributed by atoms with Crippen molar-refractivity contribution in [3.63, 3.8) is 0 Å². The molecule has 0 radical (unpaired) electrons. The number of carbonyl (C=O) groups is 1. The van der Waals surface area contributed by atoms with E-state index in [1.807, 2.05) is 56.3 Å². The van der Waals surface area contributed by atoms with Crippen LogP contribution >= 0.6 is 11.8 Å². The number of allylic oxidation sites excluding steroid dienone is 1. The molecule has 0 fully saturated rings. The Morgan fingerprint density at radius 1 is 1.16 bits per heavy atom. The van der Waals surface area contributed by atoms with E-state index in [-0.39, 0.29) is 6.61 Å². The third-order valence-corrected chi connectivity index (χ3v) is 5.67. The van der Waals surface area contributed by atoms with Crippen molar-refractivity contribution in [3.05, 3.63) is 76.5 Å². The van der Waals surface area contributed by atoms with Crippen LogP contribution in [0.3, 0.4) is 0 Å². The molecule has 1 N–H and O–H groups in total. The summed E-state index contributed by atoms with van der Waals surface area (Å²) >= 11 is 1.49. The van der Waals surface area contributed by atoms with Crippen LogP contribution in [-0.4, -0.2) is 24.4 Å². The fraction of sp³-hybridized carbons (Fsp3) is 0.292. The number of thioether (sulfide) groups is 1. The van der Waals surface area contributed by atoms with Crippen LogP contribution in [0.25, 0.3) is 0 Å². The number of nitriles is 1. The summed E-state index contributed by atoms with van der Waals surface area (Å²) < 4.78 is 11.1. The van der Waals surface area contributed by atoms with Crippen LogP contribution < -0.4 is 10.1 Å². The molecule has 1 atom stereocenters. The second-order valence-electron chi connectivity index (χ2n) is 6.75. The lowest BCUT2D eigenvalue weighted by molar-refractivity contribution is -0.138. The summed E-state index contributed by atoms with van der Waals surface area (Å²) in [5.74, 6) is 0.873. The summed E-state index contributed by atoms with van der Waals surface area (Å²) in [6.45, 7) is 6.34. The van der Waals surface area contributed by atoms with Crippen molar-refractivity contribution < 1.29 is 14.3 Å². The van der Waals surface area contributed by atoms with Crippen LogP contribution in [0.4, 0.5) is 0 Å². The second kappa shape index (κ2) is 10.7. The molecule has 0 aromatic heterocycles. The van der Waals surface area contributed by atoms with Gasteiger partial charge in [0.05, 0.1) is 30.4 Å². The van der Waals surface area contributed by atoms with Crippen LogP contribution in [0.5, 0.6) is 5.75 Å². The molecular formula is C24H25N3O3S. The average Bonchev–Trinajstić information content (AvgIpc) is 2.78. The Hall–Kier alpha value is -3.24. The van der Waals surface area contributed by atoms with Gasteiger partial charge in [-0.1, -0.05) is 48.2 Å². The van der Waals surface area contributed by atoms with E-state index >= 15 is 0 Å². The summed E-state index contributed by atoms with van der Waals surface area (Å²) in [7, 11) is 0. The zero-order valence-corrected chi connectivity index (χ0v) is 18.7. The molecule has 2 aromatic carbocycles. The van der Waals surface area contributed by atoms with Crippen molar-refractivity contribution in [2.45, 2.75) is 32.6 Å². The van der Waals surface area contributed by atoms with Gasteiger partial charge in [-0.2, -0.15) is 5.26 Å². The number of benzene rings is 2. The van der Waals surface area contributed by atoms with E-state index in [1.54, 1.807) is 13.0 Å². The number of carbonyl (C=O) groups excluding carboxylic acids is 1. The minimum atomic E-state index is -0.545. The second-order valence-corrected chi connectivity index (χ2v) is 7.71. The minimum Gasteiger partial charge on any atom is -0.494 e. The molecule has 6 nitrogen and oxygen atoms in total. The lowest BCUT2D eigenvalue weighted by Gasteiger charge is -2.27. The predicted molar refractivity (Wildman–Crippen MR) is 123 cm³/mol. The molecule has 7 heteroatoms. The molecule has 1 unspecified atom stereocenters. The van der Waals surface area contributed by atoms with E-state index < -0.39 is 12.0 Å². The first-order valence-electron chi connectivity index (χ1n) is 10.1. The maximum atomic E-state index is 12.8. The molecule has 0 saturated heterocycles. The lowest BCUT2D eigenvalue weighted by Crippen LogP contribution is -2.30. The molecule has 0 saturated carbocycles. The van der Waals surface area contributed by atoms with Crippen LogP contribution in [0.2, 0.25) is 0 Å². The summed E-state index contributed by atoms with van der Waals surface area (Å²) in [5.41, 5.74) is 3.55. The minimum absolute atomic E-state index is 0.283. The Balaban J connectivity index is 1.96. The van der Waals surface area contributed by atoms with Gasteiger partial charge in [-0.3, -0.25) is 0 Å². The number of hydrogen-bond acceptors (Lipinski definition) is 7. The summed E-state index contributed by atoms with van der Waals surface area (Å²) in [4.78, 5) is 17.6. The molecule has 1 aliphatic heterocycles. The van der Waals surface area contributed by atoms with Gasteiger partial charge in [0.1, 0.15) is 11.8 Å². The fourth-order valence-corrected chi connectivity index (χ4v) is 4.26. The third kappa shape index (κ3) is 5.28. The van der Waals surface area contributed by atoms with E-state index in [2.05, 4.69) is 11.4 Å². The van der Waals surface area contributed by atoms with E-state index in [9.17, 15) is 10.1 Å². The maximum Gasteiger partial charge on any atom is 0.338 e. The number of hydrogen-bond donors (Lipinski definition) is 1. The van der Waals surface area contributed by atoms with Gasteiger partial charge < -0.3 is 14.8 Å². The van der Waals surface area contributed by atoms with Gasteiger partial charge in [0, 0.05) is 17.0 Å². The maximum absolute atomic E-state index is 12.8. The molecule has 0 amide bonds. The Morgan fingerprint density at radius 3 is 2.65 bits per heavy atom. The summed E-state index contributed by atoms with van der Waals surface area (Å²) in [5, 5.41) is 13.2. The molecule has 0 spiro atoms. The van der Waals surface area contributed by atoms with Crippen molar-refractivity contribution >= 4 is 22.9 Å². The number of aliphatic imine (C=N–C) groups is 1. The topological polar surface area (TPSA) is 83.7 Å². The molecule has 160 valence electrons. The summed E-state index contributed by atoms with van der Waals surface area (Å²) in [6, 6.07) is 16.8. The zero-order valence-electron chi connectivity index (χ0n) is 17.8. The largest absolute Gasteiger partial charge is 0.494 e. The zero-order chi connectivity index (χ0) is 22.2. The van der Waals surface area contributed by atoms with Gasteiger partial charge in [0.25, 0.3) is 0 Å². The quantitative estimate of drug-likeness (QED) is 0.633. The van der Waals surface area contributed by atoms with Gasteiger partial charge in [-0.15, -0.1) is 0 Å². The van der Waals surface area contributed by atoms with Crippen molar-refractivity contribution in [1.82, 2.24) is 5.32 Å². The van der Waals surface area contributed by atoms with E-state index in [0.717, 1.165) is 11.1 Å². The number of para-hydroxylation sites is 1. The number of ether oxygens (including phenoxy) is 2. The highest BCUT2D eigenvalue weighted by molar-refractivity contribution is 8.13. The monoisotopic (exact) mass is 435 g/mol. The predicted octanol–water partition coefficient (Wildman–Crippen LogP) is 4.73. The molecule has 3 rings (SSSR count). The first-order valence-corrected chi connectivity index (χ1v) is 11.1. The van der Waals surface area contributed by atoms with Crippen LogP contribution in [-0.2, 0) is 15.3 Å². The highest BCUT2D eigenvalue weighted by Gasteiger charge is 2.32. The van der Waals surface area contributed by atoms with Gasteiger partial charge >= 0.3 is 5.97 Å². The van der Waals surface area contributed by atoms with Crippen molar-refractivity contribution in [1.29, 1.82) is 5.26 Å². The molecule has 1 aliphatic rings. The Labute approximate surface area is 187 Å². The smallest absolute Gasteiger partial charge is 0.338 e. The third-order valence-electron chi connectivity index (χ3n) is 4.73. The molecule has 2 aromatic rings.